The molecule has 0 radical (unpaired) electrons. The molecule has 0 aromatic carbocycles. The third-order valence-corrected chi connectivity index (χ3v) is 3.06. The van der Waals surface area contributed by atoms with Gasteiger partial charge in [-0.05, 0) is 31.4 Å². The van der Waals surface area contributed by atoms with Crippen LogP contribution in [0.25, 0.3) is 0 Å². The zero-order valence-electron chi connectivity index (χ0n) is 12.9. The molecule has 0 atom stereocenters. The number of pyridine rings is 1. The molecule has 2 rings (SSSR count). The van der Waals surface area contributed by atoms with E-state index in [0.29, 0.717) is 25.0 Å². The van der Waals surface area contributed by atoms with Crippen LogP contribution >= 0.6 is 0 Å². The standard InChI is InChI=1S/C16H22N4O/c1-4-9-21-15-10-12(3)19-16(20-15)18-11-14-13(5-2)7-6-8-17-14/h6-8,10H,4-5,9,11H2,1-3H3,(H,18,19,20). The predicted octanol–water partition coefficient (Wildman–Crippen LogP) is 3.14. The van der Waals surface area contributed by atoms with Crippen molar-refractivity contribution < 1.29 is 4.74 Å². The van der Waals surface area contributed by atoms with Crippen molar-refractivity contribution in [3.63, 3.8) is 0 Å². The molecule has 0 aliphatic carbocycles. The van der Waals surface area contributed by atoms with Crippen LogP contribution in [0, 0.1) is 6.92 Å². The maximum atomic E-state index is 5.57. The number of aromatic nitrogens is 3. The molecular weight excluding hydrogens is 264 g/mol. The quantitative estimate of drug-likeness (QED) is 0.847. The van der Waals surface area contributed by atoms with Gasteiger partial charge in [-0.1, -0.05) is 19.9 Å². The van der Waals surface area contributed by atoms with E-state index >= 15 is 0 Å². The van der Waals surface area contributed by atoms with Gasteiger partial charge in [0.2, 0.25) is 11.8 Å². The van der Waals surface area contributed by atoms with Gasteiger partial charge in [0.15, 0.2) is 0 Å². The van der Waals surface area contributed by atoms with Gasteiger partial charge in [-0.3, -0.25) is 4.98 Å². The Morgan fingerprint density at radius 2 is 2.10 bits per heavy atom. The maximum Gasteiger partial charge on any atom is 0.226 e. The lowest BCUT2D eigenvalue weighted by atomic mass is 10.1. The second kappa shape index (κ2) is 7.57. The van der Waals surface area contributed by atoms with Gasteiger partial charge in [-0.2, -0.15) is 4.98 Å². The van der Waals surface area contributed by atoms with Gasteiger partial charge in [-0.25, -0.2) is 4.98 Å². The first kappa shape index (κ1) is 15.2. The van der Waals surface area contributed by atoms with E-state index in [9.17, 15) is 0 Å². The highest BCUT2D eigenvalue weighted by Gasteiger charge is 2.05. The van der Waals surface area contributed by atoms with Crippen molar-refractivity contribution in [3.8, 4) is 5.88 Å². The van der Waals surface area contributed by atoms with Crippen LogP contribution in [0.1, 0.15) is 37.2 Å². The van der Waals surface area contributed by atoms with Gasteiger partial charge in [0.25, 0.3) is 0 Å². The number of aryl methyl sites for hydroxylation is 2. The number of nitrogens with zero attached hydrogens (tertiary/aromatic N) is 3. The van der Waals surface area contributed by atoms with Crippen LogP contribution in [0.15, 0.2) is 24.4 Å². The fraction of sp³-hybridized carbons (Fsp3) is 0.438. The van der Waals surface area contributed by atoms with Crippen molar-refractivity contribution in [2.75, 3.05) is 11.9 Å². The van der Waals surface area contributed by atoms with E-state index in [1.807, 2.05) is 25.3 Å². The van der Waals surface area contributed by atoms with E-state index in [0.717, 1.165) is 24.2 Å². The molecule has 0 spiro atoms. The highest BCUT2D eigenvalue weighted by Crippen LogP contribution is 2.14. The predicted molar refractivity (Wildman–Crippen MR) is 83.5 cm³/mol. The third-order valence-electron chi connectivity index (χ3n) is 3.06. The average molecular weight is 286 g/mol. The zero-order chi connectivity index (χ0) is 15.1. The van der Waals surface area contributed by atoms with Gasteiger partial charge >= 0.3 is 0 Å². The molecule has 2 aromatic rings. The molecule has 1 N–H and O–H groups in total. The summed E-state index contributed by atoms with van der Waals surface area (Å²) < 4.78 is 5.57. The molecule has 0 saturated carbocycles. The van der Waals surface area contributed by atoms with Gasteiger partial charge in [0, 0.05) is 18.0 Å². The van der Waals surface area contributed by atoms with Crippen LogP contribution in [0.2, 0.25) is 0 Å². The molecule has 0 amide bonds. The molecule has 5 heteroatoms. The molecule has 112 valence electrons. The lowest BCUT2D eigenvalue weighted by Gasteiger charge is -2.10. The first-order chi connectivity index (χ1) is 10.2. The molecule has 5 nitrogen and oxygen atoms in total. The van der Waals surface area contributed by atoms with E-state index in [-0.39, 0.29) is 0 Å². The second-order valence-corrected chi connectivity index (χ2v) is 4.84. The normalized spacial score (nSPS) is 10.4. The Kier molecular flexibility index (Phi) is 5.49. The lowest BCUT2D eigenvalue weighted by Crippen LogP contribution is -2.09. The second-order valence-electron chi connectivity index (χ2n) is 4.84. The van der Waals surface area contributed by atoms with Gasteiger partial charge in [0.1, 0.15) is 0 Å². The summed E-state index contributed by atoms with van der Waals surface area (Å²) in [4.78, 5) is 13.2. The SMILES string of the molecule is CCCOc1cc(C)nc(NCc2ncccc2CC)n1. The molecule has 0 bridgehead atoms. The first-order valence-electron chi connectivity index (χ1n) is 7.38. The van der Waals surface area contributed by atoms with Gasteiger partial charge in [0.05, 0.1) is 18.8 Å². The molecule has 0 fully saturated rings. The van der Waals surface area contributed by atoms with E-state index in [1.165, 1.54) is 5.56 Å². The van der Waals surface area contributed by atoms with Crippen LogP contribution in [0.4, 0.5) is 5.95 Å². The van der Waals surface area contributed by atoms with Crippen LogP contribution in [0.3, 0.4) is 0 Å². The highest BCUT2D eigenvalue weighted by molar-refractivity contribution is 5.32. The number of ether oxygens (including phenoxy) is 1. The number of hydrogen-bond acceptors (Lipinski definition) is 5. The third kappa shape index (κ3) is 4.41. The Labute approximate surface area is 125 Å². The van der Waals surface area contributed by atoms with E-state index in [1.54, 1.807) is 0 Å². The maximum absolute atomic E-state index is 5.57. The van der Waals surface area contributed by atoms with Crippen LogP contribution in [-0.4, -0.2) is 21.6 Å². The fourth-order valence-corrected chi connectivity index (χ4v) is 2.01. The molecule has 2 heterocycles. The molecule has 0 aliphatic rings. The Bertz CT molecular complexity index is 586. The van der Waals surface area contributed by atoms with Crippen molar-refractivity contribution in [1.29, 1.82) is 0 Å². The van der Waals surface area contributed by atoms with E-state index in [2.05, 4.69) is 40.2 Å². The van der Waals surface area contributed by atoms with Crippen LogP contribution in [0.5, 0.6) is 5.88 Å². The summed E-state index contributed by atoms with van der Waals surface area (Å²) in [5.74, 6) is 1.19. The molecule has 0 saturated heterocycles. The summed E-state index contributed by atoms with van der Waals surface area (Å²) >= 11 is 0. The lowest BCUT2D eigenvalue weighted by molar-refractivity contribution is 0.305. The number of anilines is 1. The molecule has 0 aliphatic heterocycles. The topological polar surface area (TPSA) is 59.9 Å². The minimum atomic E-state index is 0.578. The van der Waals surface area contributed by atoms with Crippen LogP contribution < -0.4 is 10.1 Å². The number of hydrogen-bond donors (Lipinski definition) is 1. The summed E-state index contributed by atoms with van der Waals surface area (Å²) in [5.41, 5.74) is 3.15. The van der Waals surface area contributed by atoms with Crippen molar-refractivity contribution >= 4 is 5.95 Å². The fourth-order valence-electron chi connectivity index (χ4n) is 2.01. The smallest absolute Gasteiger partial charge is 0.226 e. The number of rotatable bonds is 7. The monoisotopic (exact) mass is 286 g/mol. The van der Waals surface area contributed by atoms with Crippen molar-refractivity contribution in [1.82, 2.24) is 15.0 Å². The summed E-state index contributed by atoms with van der Waals surface area (Å²) in [5, 5.41) is 3.23. The Morgan fingerprint density at radius 3 is 2.86 bits per heavy atom. The Balaban J connectivity index is 2.07. The van der Waals surface area contributed by atoms with Gasteiger partial charge < -0.3 is 10.1 Å². The van der Waals surface area contributed by atoms with Crippen molar-refractivity contribution in [2.24, 2.45) is 0 Å². The largest absolute Gasteiger partial charge is 0.478 e. The minimum absolute atomic E-state index is 0.578. The van der Waals surface area contributed by atoms with E-state index < -0.39 is 0 Å². The molecule has 2 aromatic heterocycles. The summed E-state index contributed by atoms with van der Waals surface area (Å²) in [6.07, 6.45) is 3.73. The van der Waals surface area contributed by atoms with Gasteiger partial charge in [-0.15, -0.1) is 0 Å². The van der Waals surface area contributed by atoms with Crippen LogP contribution in [-0.2, 0) is 13.0 Å². The zero-order valence-corrected chi connectivity index (χ0v) is 12.9. The summed E-state index contributed by atoms with van der Waals surface area (Å²) in [6, 6.07) is 5.90. The van der Waals surface area contributed by atoms with Crippen molar-refractivity contribution in [3.05, 3.63) is 41.3 Å². The minimum Gasteiger partial charge on any atom is -0.478 e. The molecule has 21 heavy (non-hydrogen) atoms. The Hall–Kier alpha value is -2.17. The Morgan fingerprint density at radius 1 is 1.24 bits per heavy atom. The summed E-state index contributed by atoms with van der Waals surface area (Å²) in [6.45, 7) is 7.40. The van der Waals surface area contributed by atoms with E-state index in [4.69, 9.17) is 4.74 Å². The molecular formula is C16H22N4O. The number of nitrogens with one attached hydrogen (secondary N) is 1. The van der Waals surface area contributed by atoms with Crippen molar-refractivity contribution in [2.45, 2.75) is 40.2 Å². The molecule has 0 unspecified atom stereocenters. The highest BCUT2D eigenvalue weighted by atomic mass is 16.5. The first-order valence-corrected chi connectivity index (χ1v) is 7.38. The summed E-state index contributed by atoms with van der Waals surface area (Å²) in [7, 11) is 0. The average Bonchev–Trinajstić information content (AvgIpc) is 2.50.